The highest BCUT2D eigenvalue weighted by atomic mass is 35.5. The molecule has 172 valence electrons. The van der Waals surface area contributed by atoms with Gasteiger partial charge in [-0.15, -0.1) is 0 Å². The van der Waals surface area contributed by atoms with Gasteiger partial charge in [0, 0.05) is 26.2 Å². The molecule has 1 aromatic heterocycles. The number of nitrogens with two attached hydrogens (primary N) is 1. The second-order valence-corrected chi connectivity index (χ2v) is 8.72. The van der Waals surface area contributed by atoms with Crippen LogP contribution in [0.5, 0.6) is 0 Å². The van der Waals surface area contributed by atoms with Crippen LogP contribution in [-0.4, -0.2) is 41.0 Å². The zero-order valence-corrected chi connectivity index (χ0v) is 19.6. The Balaban J connectivity index is 1.34. The van der Waals surface area contributed by atoms with E-state index in [0.717, 1.165) is 37.7 Å². The van der Waals surface area contributed by atoms with E-state index in [9.17, 15) is 0 Å². The Hall–Kier alpha value is -3.61. The average Bonchev–Trinajstić information content (AvgIpc) is 2.89. The van der Waals surface area contributed by atoms with Gasteiger partial charge >= 0.3 is 0 Å². The van der Waals surface area contributed by atoms with Crippen LogP contribution in [0.1, 0.15) is 17.2 Å². The van der Waals surface area contributed by atoms with E-state index in [2.05, 4.69) is 85.7 Å². The minimum Gasteiger partial charge on any atom is -0.393 e. The van der Waals surface area contributed by atoms with Crippen LogP contribution in [0.2, 0.25) is 5.02 Å². The van der Waals surface area contributed by atoms with Gasteiger partial charge in [0.1, 0.15) is 12.0 Å². The fourth-order valence-electron chi connectivity index (χ4n) is 4.50. The van der Waals surface area contributed by atoms with Gasteiger partial charge in [-0.1, -0.05) is 84.4 Å². The number of nitrogen functional groups attached to an aromatic ring is 1. The molecule has 0 spiro atoms. The number of hydrogen-bond donors (Lipinski definition) is 2. The summed E-state index contributed by atoms with van der Waals surface area (Å²) in [6.07, 6.45) is 1.55. The van der Waals surface area contributed by atoms with Crippen LogP contribution < -0.4 is 16.0 Å². The van der Waals surface area contributed by atoms with Gasteiger partial charge in [-0.05, 0) is 23.3 Å². The van der Waals surface area contributed by atoms with Crippen molar-refractivity contribution in [3.05, 3.63) is 107 Å². The first-order valence-electron chi connectivity index (χ1n) is 11.4. The number of nitrogens with zero attached hydrogens (tertiary/aromatic N) is 4. The molecule has 6 nitrogen and oxygen atoms in total. The average molecular weight is 471 g/mol. The topological polar surface area (TPSA) is 70.3 Å². The van der Waals surface area contributed by atoms with Crippen molar-refractivity contribution >= 4 is 34.6 Å². The first kappa shape index (κ1) is 22.2. The second kappa shape index (κ2) is 10.1. The number of benzene rings is 3. The molecule has 4 aromatic rings. The summed E-state index contributed by atoms with van der Waals surface area (Å²) >= 11 is 6.30. The molecule has 0 radical (unpaired) electrons. The number of anilines is 4. The molecule has 3 aromatic carbocycles. The molecule has 0 aliphatic carbocycles. The minimum atomic E-state index is 0.213. The summed E-state index contributed by atoms with van der Waals surface area (Å²) in [5.41, 5.74) is 10.4. The molecule has 0 amide bonds. The maximum Gasteiger partial charge on any atom is 0.159 e. The Bertz CT molecular complexity index is 1190. The van der Waals surface area contributed by atoms with Gasteiger partial charge in [0.2, 0.25) is 0 Å². The summed E-state index contributed by atoms with van der Waals surface area (Å²) in [5.74, 6) is 1.31. The van der Waals surface area contributed by atoms with Crippen LogP contribution in [0, 0.1) is 0 Å². The molecular weight excluding hydrogens is 444 g/mol. The van der Waals surface area contributed by atoms with E-state index in [1.165, 1.54) is 11.1 Å². The first-order valence-corrected chi connectivity index (χ1v) is 11.8. The molecule has 0 atom stereocenters. The second-order valence-electron chi connectivity index (χ2n) is 8.31. The fourth-order valence-corrected chi connectivity index (χ4v) is 4.69. The van der Waals surface area contributed by atoms with Gasteiger partial charge < -0.3 is 16.0 Å². The first-order chi connectivity index (χ1) is 16.7. The Morgan fingerprint density at radius 2 is 1.35 bits per heavy atom. The lowest BCUT2D eigenvalue weighted by Gasteiger charge is -2.40. The molecule has 0 saturated carbocycles. The van der Waals surface area contributed by atoms with Crippen molar-refractivity contribution in [2.24, 2.45) is 0 Å². The van der Waals surface area contributed by atoms with Crippen LogP contribution in [0.25, 0.3) is 0 Å². The standard InChI is InChI=1S/C27H27ClN6/c28-22-13-7-8-14-23(22)32-26-24(29)27(31-19-30-26)34-17-15-33(16-18-34)25(20-9-3-1-4-10-20)21-11-5-2-6-12-21/h1-14,19,25H,15-18,29H2,(H,30,31,32). The molecule has 1 saturated heterocycles. The summed E-state index contributed by atoms with van der Waals surface area (Å²) in [5, 5.41) is 3.86. The Morgan fingerprint density at radius 1 is 0.765 bits per heavy atom. The zero-order valence-electron chi connectivity index (χ0n) is 18.8. The number of para-hydroxylation sites is 1. The van der Waals surface area contributed by atoms with E-state index < -0.39 is 0 Å². The third-order valence-electron chi connectivity index (χ3n) is 6.20. The summed E-state index contributed by atoms with van der Waals surface area (Å²) < 4.78 is 0. The smallest absolute Gasteiger partial charge is 0.159 e. The van der Waals surface area contributed by atoms with E-state index in [1.807, 2.05) is 24.3 Å². The molecular formula is C27H27ClN6. The minimum absolute atomic E-state index is 0.213. The van der Waals surface area contributed by atoms with Crippen LogP contribution in [-0.2, 0) is 0 Å². The summed E-state index contributed by atoms with van der Waals surface area (Å²) in [6.45, 7) is 3.43. The van der Waals surface area contributed by atoms with Crippen molar-refractivity contribution in [3.8, 4) is 0 Å². The monoisotopic (exact) mass is 470 g/mol. The van der Waals surface area contributed by atoms with Crippen LogP contribution in [0.4, 0.5) is 23.0 Å². The van der Waals surface area contributed by atoms with Gasteiger partial charge in [0.15, 0.2) is 11.6 Å². The van der Waals surface area contributed by atoms with E-state index in [-0.39, 0.29) is 6.04 Å². The highest BCUT2D eigenvalue weighted by Crippen LogP contribution is 2.33. The number of rotatable bonds is 6. The van der Waals surface area contributed by atoms with Crippen molar-refractivity contribution < 1.29 is 0 Å². The van der Waals surface area contributed by atoms with E-state index in [4.69, 9.17) is 17.3 Å². The highest BCUT2D eigenvalue weighted by Gasteiger charge is 2.28. The molecule has 7 heteroatoms. The number of halogens is 1. The van der Waals surface area contributed by atoms with Gasteiger partial charge in [-0.2, -0.15) is 0 Å². The van der Waals surface area contributed by atoms with Crippen molar-refractivity contribution in [1.82, 2.24) is 14.9 Å². The van der Waals surface area contributed by atoms with Crippen LogP contribution in [0.3, 0.4) is 0 Å². The quantitative estimate of drug-likeness (QED) is 0.395. The third kappa shape index (κ3) is 4.69. The predicted octanol–water partition coefficient (Wildman–Crippen LogP) is 5.37. The number of nitrogens with one attached hydrogen (secondary N) is 1. The molecule has 1 fully saturated rings. The van der Waals surface area contributed by atoms with Crippen LogP contribution >= 0.6 is 11.6 Å². The molecule has 5 rings (SSSR count). The normalized spacial score (nSPS) is 14.4. The number of aromatic nitrogens is 2. The summed E-state index contributed by atoms with van der Waals surface area (Å²) in [6, 6.07) is 29.1. The molecule has 3 N–H and O–H groups in total. The van der Waals surface area contributed by atoms with E-state index >= 15 is 0 Å². The maximum absolute atomic E-state index is 6.50. The molecule has 0 unspecified atom stereocenters. The maximum atomic E-state index is 6.50. The van der Waals surface area contributed by atoms with E-state index in [0.29, 0.717) is 16.5 Å². The summed E-state index contributed by atoms with van der Waals surface area (Å²) in [7, 11) is 0. The van der Waals surface area contributed by atoms with E-state index in [1.54, 1.807) is 6.33 Å². The van der Waals surface area contributed by atoms with Crippen molar-refractivity contribution in [2.75, 3.05) is 42.1 Å². The van der Waals surface area contributed by atoms with Gasteiger partial charge in [0.25, 0.3) is 0 Å². The van der Waals surface area contributed by atoms with Crippen molar-refractivity contribution in [1.29, 1.82) is 0 Å². The summed E-state index contributed by atoms with van der Waals surface area (Å²) in [4.78, 5) is 13.6. The van der Waals surface area contributed by atoms with Crippen molar-refractivity contribution in [3.63, 3.8) is 0 Å². The van der Waals surface area contributed by atoms with Gasteiger partial charge in [0.05, 0.1) is 16.8 Å². The Labute approximate surface area is 205 Å². The SMILES string of the molecule is Nc1c(Nc2ccccc2Cl)ncnc1N1CCN(C(c2ccccc2)c2ccccc2)CC1. The van der Waals surface area contributed by atoms with Crippen molar-refractivity contribution in [2.45, 2.75) is 6.04 Å². The zero-order chi connectivity index (χ0) is 23.3. The highest BCUT2D eigenvalue weighted by molar-refractivity contribution is 6.33. The molecule has 0 bridgehead atoms. The largest absolute Gasteiger partial charge is 0.393 e. The lowest BCUT2D eigenvalue weighted by molar-refractivity contribution is 0.212. The molecule has 34 heavy (non-hydrogen) atoms. The number of piperazine rings is 1. The Kier molecular flexibility index (Phi) is 6.60. The van der Waals surface area contributed by atoms with Gasteiger partial charge in [-0.3, -0.25) is 4.90 Å². The fraction of sp³-hybridized carbons (Fsp3) is 0.185. The lowest BCUT2D eigenvalue weighted by Crippen LogP contribution is -2.48. The predicted molar refractivity (Wildman–Crippen MR) is 140 cm³/mol. The molecule has 2 heterocycles. The molecule has 1 aliphatic rings. The third-order valence-corrected chi connectivity index (χ3v) is 6.53. The number of hydrogen-bond acceptors (Lipinski definition) is 6. The Morgan fingerprint density at radius 3 is 1.97 bits per heavy atom. The molecule has 1 aliphatic heterocycles. The van der Waals surface area contributed by atoms with Crippen LogP contribution in [0.15, 0.2) is 91.3 Å². The van der Waals surface area contributed by atoms with Gasteiger partial charge in [-0.25, -0.2) is 9.97 Å². The lowest BCUT2D eigenvalue weighted by atomic mass is 9.96.